The number of esters is 1. The van der Waals surface area contributed by atoms with Crippen molar-refractivity contribution in [2.75, 3.05) is 19.0 Å². The average Bonchev–Trinajstić information content (AvgIpc) is 3.32. The van der Waals surface area contributed by atoms with Gasteiger partial charge in [0.2, 0.25) is 0 Å². The van der Waals surface area contributed by atoms with Gasteiger partial charge in [0.05, 0.1) is 24.6 Å². The number of benzene rings is 1. The number of fused-ring (bicyclic) bond motifs is 4. The number of anilines is 1. The van der Waals surface area contributed by atoms with Gasteiger partial charge in [0.1, 0.15) is 6.10 Å². The predicted octanol–water partition coefficient (Wildman–Crippen LogP) is 1.44. The Morgan fingerprint density at radius 2 is 2.15 bits per heavy atom. The molecule has 1 N–H and O–H groups in total. The first-order valence-electron chi connectivity index (χ1n) is 10.0. The van der Waals surface area contributed by atoms with Crippen molar-refractivity contribution in [1.82, 2.24) is 4.90 Å². The van der Waals surface area contributed by atoms with Gasteiger partial charge in [-0.05, 0) is 37.3 Å². The number of carbonyl (C=O) groups excluding carboxylic acids is 2. The average molecular weight is 366 g/mol. The van der Waals surface area contributed by atoms with Crippen LogP contribution < -0.4 is 5.32 Å². The van der Waals surface area contributed by atoms with E-state index in [4.69, 9.17) is 9.47 Å². The van der Waals surface area contributed by atoms with Gasteiger partial charge >= 0.3 is 5.97 Å². The molecule has 7 unspecified atom stereocenters. The third-order valence-corrected chi connectivity index (χ3v) is 8.87. The van der Waals surface area contributed by atoms with Crippen LogP contribution in [0.5, 0.6) is 0 Å². The number of ether oxygens (including phenoxy) is 2. The van der Waals surface area contributed by atoms with Crippen molar-refractivity contribution in [3.63, 3.8) is 0 Å². The minimum atomic E-state index is -0.368. The Morgan fingerprint density at radius 3 is 3.00 bits per heavy atom. The van der Waals surface area contributed by atoms with Crippen LogP contribution in [0.4, 0.5) is 5.69 Å². The molecule has 3 saturated carbocycles. The zero-order valence-corrected chi connectivity index (χ0v) is 15.2. The Bertz CT molecular complexity index is 933. The van der Waals surface area contributed by atoms with Crippen LogP contribution in [-0.2, 0) is 24.5 Å². The summed E-state index contributed by atoms with van der Waals surface area (Å²) in [6.45, 7) is 0.753. The number of rotatable bonds is 1. The first-order valence-corrected chi connectivity index (χ1v) is 10.0. The van der Waals surface area contributed by atoms with Gasteiger partial charge in [-0.2, -0.15) is 0 Å². The molecule has 4 heterocycles. The molecule has 6 nitrogen and oxygen atoms in total. The second-order valence-electron chi connectivity index (χ2n) is 9.29. The van der Waals surface area contributed by atoms with Crippen molar-refractivity contribution >= 4 is 17.6 Å². The molecular formula is C21H22N2O4. The lowest BCUT2D eigenvalue weighted by Gasteiger charge is -2.67. The molecule has 140 valence electrons. The van der Waals surface area contributed by atoms with Crippen molar-refractivity contribution in [3.8, 4) is 0 Å². The van der Waals surface area contributed by atoms with Crippen LogP contribution in [0.2, 0.25) is 0 Å². The van der Waals surface area contributed by atoms with Gasteiger partial charge in [-0.25, -0.2) is 0 Å². The molecule has 3 aliphatic carbocycles. The topological polar surface area (TPSA) is 71.2 Å². The Labute approximate surface area is 157 Å². The zero-order chi connectivity index (χ0) is 18.2. The number of amides is 1. The molecule has 6 heteroatoms. The first kappa shape index (κ1) is 14.9. The van der Waals surface area contributed by atoms with Crippen LogP contribution in [0.1, 0.15) is 31.2 Å². The summed E-state index contributed by atoms with van der Waals surface area (Å²) in [4.78, 5) is 28.1. The van der Waals surface area contributed by atoms with Crippen LogP contribution in [0, 0.1) is 11.3 Å². The molecule has 1 amide bonds. The Balaban J connectivity index is 1.54. The summed E-state index contributed by atoms with van der Waals surface area (Å²) < 4.78 is 11.3. The van der Waals surface area contributed by atoms with E-state index in [9.17, 15) is 9.59 Å². The maximum Gasteiger partial charge on any atom is 0.311 e. The molecule has 3 spiro atoms. The minimum Gasteiger partial charge on any atom is -0.469 e. The second kappa shape index (κ2) is 4.17. The van der Waals surface area contributed by atoms with Crippen LogP contribution in [0.3, 0.4) is 0 Å². The normalized spacial score (nSPS) is 49.7. The van der Waals surface area contributed by atoms with E-state index in [0.29, 0.717) is 0 Å². The molecule has 7 aliphatic rings. The lowest BCUT2D eigenvalue weighted by atomic mass is 9.39. The van der Waals surface area contributed by atoms with E-state index < -0.39 is 0 Å². The number of methoxy groups -OCH3 is 1. The summed E-state index contributed by atoms with van der Waals surface area (Å²) in [7, 11) is 1.49. The molecule has 27 heavy (non-hydrogen) atoms. The lowest BCUT2D eigenvalue weighted by Crippen LogP contribution is -2.78. The quantitative estimate of drug-likeness (QED) is 0.602. The van der Waals surface area contributed by atoms with E-state index in [1.54, 1.807) is 0 Å². The van der Waals surface area contributed by atoms with Crippen LogP contribution in [0.15, 0.2) is 24.3 Å². The summed E-state index contributed by atoms with van der Waals surface area (Å²) in [5, 5.41) is 3.81. The fourth-order valence-corrected chi connectivity index (χ4v) is 8.12. The number of nitrogens with zero attached hydrogens (tertiary/aromatic N) is 1. The van der Waals surface area contributed by atoms with Crippen molar-refractivity contribution in [2.45, 2.75) is 54.9 Å². The third kappa shape index (κ3) is 1.28. The number of hydrogen-bond acceptors (Lipinski definition) is 5. The van der Waals surface area contributed by atoms with Gasteiger partial charge in [-0.3, -0.25) is 9.59 Å². The van der Waals surface area contributed by atoms with Crippen molar-refractivity contribution in [3.05, 3.63) is 29.8 Å². The summed E-state index contributed by atoms with van der Waals surface area (Å²) in [6, 6.07) is 8.57. The SMILES string of the molecule is COC(=O)C1CC23CCC14Nc1ccccc1C41CCN(C(=O)C4OC42)C31. The molecule has 2 bridgehead atoms. The molecule has 4 aliphatic heterocycles. The number of epoxide rings is 1. The summed E-state index contributed by atoms with van der Waals surface area (Å²) in [5.74, 6) is -0.174. The lowest BCUT2D eigenvalue weighted by molar-refractivity contribution is -0.173. The van der Waals surface area contributed by atoms with Gasteiger partial charge in [0, 0.05) is 23.1 Å². The highest BCUT2D eigenvalue weighted by Gasteiger charge is 2.85. The molecule has 7 atom stereocenters. The van der Waals surface area contributed by atoms with Gasteiger partial charge in [0.15, 0.2) is 6.10 Å². The van der Waals surface area contributed by atoms with Crippen LogP contribution in [0.25, 0.3) is 0 Å². The zero-order valence-electron chi connectivity index (χ0n) is 15.2. The molecule has 8 rings (SSSR count). The van der Waals surface area contributed by atoms with E-state index in [2.05, 4.69) is 28.4 Å². The fourth-order valence-electron chi connectivity index (χ4n) is 8.12. The predicted molar refractivity (Wildman–Crippen MR) is 95.0 cm³/mol. The maximum atomic E-state index is 13.0. The Morgan fingerprint density at radius 1 is 1.30 bits per heavy atom. The van der Waals surface area contributed by atoms with E-state index in [0.717, 1.165) is 37.9 Å². The number of para-hydroxylation sites is 1. The number of nitrogens with one attached hydrogen (secondary N) is 1. The van der Waals surface area contributed by atoms with Gasteiger partial charge in [-0.1, -0.05) is 18.2 Å². The summed E-state index contributed by atoms with van der Waals surface area (Å²) >= 11 is 0. The Hall–Kier alpha value is -2.08. The molecule has 1 aromatic rings. The van der Waals surface area contributed by atoms with Crippen LogP contribution in [-0.4, -0.2) is 54.2 Å². The first-order chi connectivity index (χ1) is 13.1. The molecule has 6 fully saturated rings. The molecule has 0 aromatic heterocycles. The van der Waals surface area contributed by atoms with Crippen molar-refractivity contribution < 1.29 is 19.1 Å². The Kier molecular flexibility index (Phi) is 2.30. The highest BCUT2D eigenvalue weighted by Crippen LogP contribution is 2.76. The molecule has 3 saturated heterocycles. The highest BCUT2D eigenvalue weighted by atomic mass is 16.6. The number of piperidine rings is 1. The highest BCUT2D eigenvalue weighted by molar-refractivity contribution is 5.89. The van der Waals surface area contributed by atoms with Gasteiger partial charge < -0.3 is 19.7 Å². The smallest absolute Gasteiger partial charge is 0.311 e. The van der Waals surface area contributed by atoms with Crippen molar-refractivity contribution in [2.24, 2.45) is 11.3 Å². The largest absolute Gasteiger partial charge is 0.469 e. The molecular weight excluding hydrogens is 344 g/mol. The van der Waals surface area contributed by atoms with Gasteiger partial charge in [-0.15, -0.1) is 0 Å². The molecule has 1 aromatic carbocycles. The third-order valence-electron chi connectivity index (χ3n) is 8.87. The van der Waals surface area contributed by atoms with Crippen molar-refractivity contribution in [1.29, 1.82) is 0 Å². The van der Waals surface area contributed by atoms with E-state index in [1.807, 2.05) is 6.07 Å². The fraction of sp³-hybridized carbons (Fsp3) is 0.619. The summed E-state index contributed by atoms with van der Waals surface area (Å²) in [5.41, 5.74) is 1.67. The van der Waals surface area contributed by atoms with E-state index in [-0.39, 0.29) is 52.4 Å². The van der Waals surface area contributed by atoms with E-state index >= 15 is 0 Å². The minimum absolute atomic E-state index is 0.0283. The molecule has 0 radical (unpaired) electrons. The monoisotopic (exact) mass is 366 g/mol. The van der Waals surface area contributed by atoms with Gasteiger partial charge in [0.25, 0.3) is 5.91 Å². The standard InChI is InChI=1S/C21H22N2O4/c1-26-17(25)12-10-19-6-7-21(12)20(11-4-2-3-5-13(11)22-21)8-9-23(18(19)20)16(24)14-15(19)27-14/h2-5,12,14-15,18,22H,6-10H2,1H3. The number of hydrogen-bond donors (Lipinski definition) is 1. The maximum absolute atomic E-state index is 13.0. The second-order valence-corrected chi connectivity index (χ2v) is 9.29. The number of carbonyl (C=O) groups is 2. The van der Waals surface area contributed by atoms with Crippen LogP contribution >= 0.6 is 0 Å². The van der Waals surface area contributed by atoms with E-state index in [1.165, 1.54) is 12.7 Å². The summed E-state index contributed by atoms with van der Waals surface area (Å²) in [6.07, 6.45) is 3.26.